The van der Waals surface area contributed by atoms with Crippen molar-refractivity contribution < 1.29 is 0 Å². The van der Waals surface area contributed by atoms with Crippen molar-refractivity contribution in [1.82, 2.24) is 19.9 Å². The van der Waals surface area contributed by atoms with Crippen molar-refractivity contribution in [1.29, 1.82) is 0 Å². The SMILES string of the molecule is CSc1ccc(-c2cncc(N3CCN(c4cnccn4)CC3)n2)cc1. The predicted molar refractivity (Wildman–Crippen MR) is 106 cm³/mol. The van der Waals surface area contributed by atoms with E-state index in [9.17, 15) is 0 Å². The molecule has 1 saturated heterocycles. The van der Waals surface area contributed by atoms with Gasteiger partial charge in [-0.3, -0.25) is 9.97 Å². The summed E-state index contributed by atoms with van der Waals surface area (Å²) in [5.74, 6) is 1.86. The van der Waals surface area contributed by atoms with Crippen LogP contribution < -0.4 is 9.80 Å². The van der Waals surface area contributed by atoms with Crippen molar-refractivity contribution in [2.75, 3.05) is 42.2 Å². The van der Waals surface area contributed by atoms with Gasteiger partial charge in [-0.05, 0) is 18.4 Å². The molecule has 0 amide bonds. The predicted octanol–water partition coefficient (Wildman–Crippen LogP) is 2.98. The summed E-state index contributed by atoms with van der Waals surface area (Å²) in [5.41, 5.74) is 2.00. The van der Waals surface area contributed by atoms with Crippen LogP contribution in [0.25, 0.3) is 11.3 Å². The topological polar surface area (TPSA) is 58.0 Å². The Balaban J connectivity index is 1.47. The minimum Gasteiger partial charge on any atom is -0.352 e. The fraction of sp³-hybridized carbons (Fsp3) is 0.263. The van der Waals surface area contributed by atoms with Gasteiger partial charge in [0, 0.05) is 49.0 Å². The highest BCUT2D eigenvalue weighted by Gasteiger charge is 2.19. The molecule has 1 fully saturated rings. The first kappa shape index (κ1) is 16.8. The molecular formula is C19H20N6S. The van der Waals surface area contributed by atoms with Gasteiger partial charge >= 0.3 is 0 Å². The molecule has 132 valence electrons. The summed E-state index contributed by atoms with van der Waals surface area (Å²) >= 11 is 1.74. The first-order valence-corrected chi connectivity index (χ1v) is 9.78. The number of aromatic nitrogens is 4. The molecule has 0 saturated carbocycles. The highest BCUT2D eigenvalue weighted by molar-refractivity contribution is 7.98. The Kier molecular flexibility index (Phi) is 4.97. The molecule has 6 nitrogen and oxygen atoms in total. The molecule has 3 heterocycles. The number of piperazine rings is 1. The minimum atomic E-state index is 0.889. The first-order chi connectivity index (χ1) is 12.8. The quantitative estimate of drug-likeness (QED) is 0.660. The molecule has 2 aromatic heterocycles. The molecule has 1 aromatic carbocycles. The highest BCUT2D eigenvalue weighted by Crippen LogP contribution is 2.23. The maximum absolute atomic E-state index is 4.83. The zero-order valence-corrected chi connectivity index (χ0v) is 15.4. The average molecular weight is 364 g/mol. The molecule has 7 heteroatoms. The summed E-state index contributed by atoms with van der Waals surface area (Å²) in [7, 11) is 0. The minimum absolute atomic E-state index is 0.889. The number of hydrogen-bond donors (Lipinski definition) is 0. The van der Waals surface area contributed by atoms with Gasteiger partial charge in [0.15, 0.2) is 0 Å². The standard InChI is InChI=1S/C19H20N6S/c1-26-16-4-2-15(3-5-16)17-12-21-14-19(23-17)25-10-8-24(9-11-25)18-13-20-6-7-22-18/h2-7,12-14H,8-11H2,1H3. The maximum Gasteiger partial charge on any atom is 0.147 e. The summed E-state index contributed by atoms with van der Waals surface area (Å²) in [6, 6.07) is 8.44. The second kappa shape index (κ2) is 7.70. The first-order valence-electron chi connectivity index (χ1n) is 8.56. The van der Waals surface area contributed by atoms with E-state index in [0.29, 0.717) is 0 Å². The van der Waals surface area contributed by atoms with Crippen molar-refractivity contribution in [2.24, 2.45) is 0 Å². The van der Waals surface area contributed by atoms with E-state index in [4.69, 9.17) is 4.98 Å². The van der Waals surface area contributed by atoms with E-state index in [1.807, 2.05) is 18.6 Å². The number of thioether (sulfide) groups is 1. The second-order valence-corrected chi connectivity index (χ2v) is 6.91. The monoisotopic (exact) mass is 364 g/mol. The van der Waals surface area contributed by atoms with Gasteiger partial charge in [0.1, 0.15) is 11.6 Å². The number of benzene rings is 1. The number of hydrogen-bond acceptors (Lipinski definition) is 7. The van der Waals surface area contributed by atoms with Crippen LogP contribution in [0.1, 0.15) is 0 Å². The van der Waals surface area contributed by atoms with E-state index in [1.54, 1.807) is 24.2 Å². The molecule has 0 unspecified atom stereocenters. The van der Waals surface area contributed by atoms with Crippen LogP contribution in [0.3, 0.4) is 0 Å². The average Bonchev–Trinajstić information content (AvgIpc) is 2.75. The van der Waals surface area contributed by atoms with Gasteiger partial charge in [-0.1, -0.05) is 12.1 Å². The molecule has 26 heavy (non-hydrogen) atoms. The molecule has 0 aliphatic carbocycles. The van der Waals surface area contributed by atoms with Crippen LogP contribution in [-0.2, 0) is 0 Å². The fourth-order valence-corrected chi connectivity index (χ4v) is 3.44. The van der Waals surface area contributed by atoms with Crippen LogP contribution in [0.4, 0.5) is 11.6 Å². The van der Waals surface area contributed by atoms with Gasteiger partial charge in [0.2, 0.25) is 0 Å². The number of rotatable bonds is 4. The van der Waals surface area contributed by atoms with Crippen molar-refractivity contribution in [3.63, 3.8) is 0 Å². The zero-order chi connectivity index (χ0) is 17.8. The second-order valence-electron chi connectivity index (χ2n) is 6.03. The smallest absolute Gasteiger partial charge is 0.147 e. The zero-order valence-electron chi connectivity index (χ0n) is 14.6. The van der Waals surface area contributed by atoms with Gasteiger partial charge in [-0.2, -0.15) is 0 Å². The van der Waals surface area contributed by atoms with E-state index >= 15 is 0 Å². The number of nitrogens with zero attached hydrogens (tertiary/aromatic N) is 6. The third-order valence-electron chi connectivity index (χ3n) is 4.48. The molecule has 0 N–H and O–H groups in total. The molecule has 3 aromatic rings. The van der Waals surface area contributed by atoms with E-state index in [2.05, 4.69) is 55.3 Å². The van der Waals surface area contributed by atoms with Crippen LogP contribution in [0, 0.1) is 0 Å². The Bertz CT molecular complexity index is 847. The van der Waals surface area contributed by atoms with Crippen LogP contribution in [-0.4, -0.2) is 52.4 Å². The lowest BCUT2D eigenvalue weighted by molar-refractivity contribution is 0.640. The van der Waals surface area contributed by atoms with Crippen molar-refractivity contribution >= 4 is 23.4 Å². The molecule has 1 aliphatic rings. The highest BCUT2D eigenvalue weighted by atomic mass is 32.2. The fourth-order valence-electron chi connectivity index (χ4n) is 3.03. The maximum atomic E-state index is 4.83. The lowest BCUT2D eigenvalue weighted by Gasteiger charge is -2.35. The van der Waals surface area contributed by atoms with Gasteiger partial charge in [-0.15, -0.1) is 11.8 Å². The molecule has 0 radical (unpaired) electrons. The van der Waals surface area contributed by atoms with E-state index in [-0.39, 0.29) is 0 Å². The van der Waals surface area contributed by atoms with E-state index in [1.165, 1.54) is 4.90 Å². The molecule has 1 aliphatic heterocycles. The Morgan fingerprint density at radius 3 is 2.15 bits per heavy atom. The summed E-state index contributed by atoms with van der Waals surface area (Å²) in [5, 5.41) is 0. The van der Waals surface area contributed by atoms with E-state index < -0.39 is 0 Å². The summed E-state index contributed by atoms with van der Waals surface area (Å²) in [6.07, 6.45) is 11.0. The third kappa shape index (κ3) is 3.62. The molecule has 0 atom stereocenters. The normalized spacial score (nSPS) is 14.5. The Hall–Kier alpha value is -2.67. The van der Waals surface area contributed by atoms with Gasteiger partial charge in [0.05, 0.1) is 24.3 Å². The Morgan fingerprint density at radius 2 is 1.50 bits per heavy atom. The summed E-state index contributed by atoms with van der Waals surface area (Å²) in [6.45, 7) is 3.57. The van der Waals surface area contributed by atoms with Gasteiger partial charge in [-0.25, -0.2) is 9.97 Å². The van der Waals surface area contributed by atoms with Crippen molar-refractivity contribution in [2.45, 2.75) is 4.90 Å². The molecule has 0 bridgehead atoms. The van der Waals surface area contributed by atoms with Crippen LogP contribution in [0.15, 0.2) is 60.1 Å². The largest absolute Gasteiger partial charge is 0.352 e. The van der Waals surface area contributed by atoms with Crippen LogP contribution >= 0.6 is 11.8 Å². The number of anilines is 2. The summed E-state index contributed by atoms with van der Waals surface area (Å²) in [4.78, 5) is 23.6. The Labute approximate surface area is 157 Å². The Morgan fingerprint density at radius 1 is 0.808 bits per heavy atom. The third-order valence-corrected chi connectivity index (χ3v) is 5.23. The van der Waals surface area contributed by atoms with Crippen molar-refractivity contribution in [3.05, 3.63) is 55.2 Å². The molecule has 4 rings (SSSR count). The molecular weight excluding hydrogens is 344 g/mol. The van der Waals surface area contributed by atoms with E-state index in [0.717, 1.165) is 49.1 Å². The summed E-state index contributed by atoms with van der Waals surface area (Å²) < 4.78 is 0. The van der Waals surface area contributed by atoms with Gasteiger partial charge in [0.25, 0.3) is 0 Å². The lowest BCUT2D eigenvalue weighted by Crippen LogP contribution is -2.47. The van der Waals surface area contributed by atoms with Crippen LogP contribution in [0.5, 0.6) is 0 Å². The van der Waals surface area contributed by atoms with Crippen molar-refractivity contribution in [3.8, 4) is 11.3 Å². The lowest BCUT2D eigenvalue weighted by atomic mass is 10.2. The van der Waals surface area contributed by atoms with Crippen LogP contribution in [0.2, 0.25) is 0 Å². The molecule has 0 spiro atoms. The van der Waals surface area contributed by atoms with Gasteiger partial charge < -0.3 is 9.80 Å².